The van der Waals surface area contributed by atoms with Gasteiger partial charge in [-0.05, 0) is 72.1 Å². The van der Waals surface area contributed by atoms with Crippen molar-refractivity contribution in [1.29, 1.82) is 0 Å². The zero-order valence-corrected chi connectivity index (χ0v) is 16.7. The van der Waals surface area contributed by atoms with E-state index in [1.807, 2.05) is 12.1 Å². The van der Waals surface area contributed by atoms with Gasteiger partial charge in [-0.15, -0.1) is 0 Å². The number of benzene rings is 3. The van der Waals surface area contributed by atoms with Crippen LogP contribution in [-0.4, -0.2) is 5.16 Å². The van der Waals surface area contributed by atoms with E-state index < -0.39 is 5.82 Å². The minimum absolute atomic E-state index is 0.217. The second kappa shape index (κ2) is 9.24. The van der Waals surface area contributed by atoms with Gasteiger partial charge in [-0.1, -0.05) is 61.6 Å². The van der Waals surface area contributed by atoms with Gasteiger partial charge in [-0.3, -0.25) is 0 Å². The smallest absolute Gasteiger partial charge is 0.151 e. The van der Waals surface area contributed by atoms with Crippen LogP contribution in [0.1, 0.15) is 35.6 Å². The third-order valence-corrected chi connectivity index (χ3v) is 4.56. The molecule has 1 nitrogen and oxygen atoms in total. The van der Waals surface area contributed by atoms with E-state index in [1.54, 1.807) is 13.0 Å². The monoisotopic (exact) mass is 385 g/mol. The molecule has 0 atom stereocenters. The number of nitrogens with zero attached hydrogens (tertiary/aromatic N) is 1. The van der Waals surface area contributed by atoms with Gasteiger partial charge in [0.15, 0.2) is 5.82 Å². The highest BCUT2D eigenvalue weighted by atomic mass is 32.1. The lowest BCUT2D eigenvalue weighted by atomic mass is 10.0. The zero-order chi connectivity index (χ0) is 19.9. The summed E-state index contributed by atoms with van der Waals surface area (Å²) in [5, 5.41) is 2.20. The maximum Gasteiger partial charge on any atom is 0.151 e. The minimum Gasteiger partial charge on any atom is -0.205 e. The van der Waals surface area contributed by atoms with E-state index in [1.165, 1.54) is 17.2 Å². The first-order chi connectivity index (χ1) is 13.6. The quantitative estimate of drug-likeness (QED) is 0.271. The Morgan fingerprint density at radius 3 is 2.07 bits per heavy atom. The average Bonchev–Trinajstić information content (AvgIpc) is 2.70. The Morgan fingerprint density at radius 2 is 1.50 bits per heavy atom. The van der Waals surface area contributed by atoms with Gasteiger partial charge in [0, 0.05) is 11.1 Å². The summed E-state index contributed by atoms with van der Waals surface area (Å²) in [6.45, 7) is 3.96. The van der Waals surface area contributed by atoms with Crippen LogP contribution in [0, 0.1) is 24.6 Å². The van der Waals surface area contributed by atoms with E-state index in [2.05, 4.69) is 77.5 Å². The molecule has 3 rings (SSSR count). The Morgan fingerprint density at radius 1 is 0.893 bits per heavy atom. The van der Waals surface area contributed by atoms with Crippen LogP contribution < -0.4 is 0 Å². The zero-order valence-electron chi connectivity index (χ0n) is 15.9. The van der Waals surface area contributed by atoms with Gasteiger partial charge in [0.1, 0.15) is 5.69 Å². The molecule has 0 aliphatic heterocycles. The summed E-state index contributed by atoms with van der Waals surface area (Å²) in [5.74, 6) is 5.66. The standard InChI is InChI=1S/C25H20FNS/c1-3-4-19-7-11-22(12-8-19)23-13-9-20(10-14-23)5-6-21-15-18(2)25(27-17-28)24(26)16-21/h7-16H,3-4H2,1-2H3. The Bertz CT molecular complexity index is 1060. The number of hydrogen-bond acceptors (Lipinski definition) is 2. The van der Waals surface area contributed by atoms with Crippen molar-refractivity contribution < 1.29 is 4.39 Å². The highest BCUT2D eigenvalue weighted by Crippen LogP contribution is 2.24. The first-order valence-electron chi connectivity index (χ1n) is 9.20. The van der Waals surface area contributed by atoms with E-state index in [4.69, 9.17) is 0 Å². The van der Waals surface area contributed by atoms with Crippen LogP contribution in [0.2, 0.25) is 0 Å². The molecule has 0 aromatic heterocycles. The summed E-state index contributed by atoms with van der Waals surface area (Å²) in [4.78, 5) is 3.76. The number of isothiocyanates is 1. The molecule has 138 valence electrons. The molecule has 0 bridgehead atoms. The Labute approximate surface area is 171 Å². The van der Waals surface area contributed by atoms with Gasteiger partial charge in [0.25, 0.3) is 0 Å². The second-order valence-electron chi connectivity index (χ2n) is 6.60. The molecule has 3 aromatic carbocycles. The largest absolute Gasteiger partial charge is 0.205 e. The molecule has 0 aliphatic carbocycles. The fourth-order valence-electron chi connectivity index (χ4n) is 3.04. The van der Waals surface area contributed by atoms with Crippen molar-refractivity contribution in [2.24, 2.45) is 4.99 Å². The molecule has 28 heavy (non-hydrogen) atoms. The van der Waals surface area contributed by atoms with Crippen LogP contribution in [0.5, 0.6) is 0 Å². The Balaban J connectivity index is 1.79. The second-order valence-corrected chi connectivity index (χ2v) is 6.78. The van der Waals surface area contributed by atoms with Crippen molar-refractivity contribution in [2.75, 3.05) is 0 Å². The van der Waals surface area contributed by atoms with Gasteiger partial charge in [-0.25, -0.2) is 4.39 Å². The molecule has 3 heteroatoms. The van der Waals surface area contributed by atoms with Crippen LogP contribution in [0.15, 0.2) is 65.7 Å². The van der Waals surface area contributed by atoms with Crippen molar-refractivity contribution in [3.05, 3.63) is 88.7 Å². The van der Waals surface area contributed by atoms with E-state index in [9.17, 15) is 4.39 Å². The molecule has 0 spiro atoms. The molecular weight excluding hydrogens is 365 g/mol. The first-order valence-corrected chi connectivity index (χ1v) is 9.61. The van der Waals surface area contributed by atoms with Gasteiger partial charge in [0.2, 0.25) is 0 Å². The number of halogens is 1. The summed E-state index contributed by atoms with van der Waals surface area (Å²) >= 11 is 4.55. The molecule has 0 N–H and O–H groups in total. The molecule has 3 aromatic rings. The molecule has 0 aliphatic rings. The third-order valence-electron chi connectivity index (χ3n) is 4.47. The Hall–Kier alpha value is -3.05. The molecule has 0 saturated heterocycles. The van der Waals surface area contributed by atoms with Crippen LogP contribution in [0.3, 0.4) is 0 Å². The van der Waals surface area contributed by atoms with Crippen molar-refractivity contribution in [2.45, 2.75) is 26.7 Å². The molecule has 0 heterocycles. The molecular formula is C25H20FNS. The van der Waals surface area contributed by atoms with Crippen LogP contribution in [-0.2, 0) is 6.42 Å². The predicted octanol–water partition coefficient (Wildman–Crippen LogP) is 6.89. The maximum atomic E-state index is 14.1. The summed E-state index contributed by atoms with van der Waals surface area (Å²) in [6, 6.07) is 19.9. The summed E-state index contributed by atoms with van der Waals surface area (Å²) in [7, 11) is 0. The average molecular weight is 386 g/mol. The summed E-state index contributed by atoms with van der Waals surface area (Å²) in [6.07, 6.45) is 2.26. The molecule has 0 unspecified atom stereocenters. The number of aryl methyl sites for hydroxylation is 2. The SMILES string of the molecule is CCCc1ccc(-c2ccc(C#Cc3cc(C)c(N=C=S)c(F)c3)cc2)cc1. The number of rotatable bonds is 4. The lowest BCUT2D eigenvalue weighted by Crippen LogP contribution is -1.86. The fraction of sp³-hybridized carbons (Fsp3) is 0.160. The predicted molar refractivity (Wildman–Crippen MR) is 118 cm³/mol. The van der Waals surface area contributed by atoms with Crippen molar-refractivity contribution in [3.63, 3.8) is 0 Å². The van der Waals surface area contributed by atoms with Crippen molar-refractivity contribution >= 4 is 23.1 Å². The van der Waals surface area contributed by atoms with E-state index in [-0.39, 0.29) is 5.69 Å². The highest BCUT2D eigenvalue weighted by molar-refractivity contribution is 7.78. The Kier molecular flexibility index (Phi) is 6.50. The van der Waals surface area contributed by atoms with E-state index in [0.717, 1.165) is 24.0 Å². The van der Waals surface area contributed by atoms with E-state index >= 15 is 0 Å². The van der Waals surface area contributed by atoms with Crippen molar-refractivity contribution in [3.8, 4) is 23.0 Å². The third kappa shape index (κ3) is 4.81. The van der Waals surface area contributed by atoms with Crippen molar-refractivity contribution in [1.82, 2.24) is 0 Å². The maximum absolute atomic E-state index is 14.1. The fourth-order valence-corrected chi connectivity index (χ4v) is 3.13. The topological polar surface area (TPSA) is 12.4 Å². The molecule has 0 saturated carbocycles. The van der Waals surface area contributed by atoms with E-state index in [0.29, 0.717) is 11.1 Å². The van der Waals surface area contributed by atoms with Crippen LogP contribution >= 0.6 is 12.2 Å². The number of thiocarbonyl (C=S) groups is 1. The van der Waals surface area contributed by atoms with Crippen LogP contribution in [0.4, 0.5) is 10.1 Å². The molecule has 0 amide bonds. The molecule has 0 radical (unpaired) electrons. The minimum atomic E-state index is -0.441. The van der Waals surface area contributed by atoms with Gasteiger partial charge >= 0.3 is 0 Å². The summed E-state index contributed by atoms with van der Waals surface area (Å²) in [5.41, 5.74) is 6.08. The normalized spacial score (nSPS) is 9.96. The van der Waals surface area contributed by atoms with Gasteiger partial charge in [-0.2, -0.15) is 4.99 Å². The number of hydrogen-bond donors (Lipinski definition) is 0. The lowest BCUT2D eigenvalue weighted by Gasteiger charge is -2.04. The lowest BCUT2D eigenvalue weighted by molar-refractivity contribution is 0.628. The molecule has 0 fully saturated rings. The first kappa shape index (κ1) is 19.7. The van der Waals surface area contributed by atoms with Gasteiger partial charge < -0.3 is 0 Å². The highest BCUT2D eigenvalue weighted by Gasteiger charge is 2.06. The number of aliphatic imine (C=N–C) groups is 1. The van der Waals surface area contributed by atoms with Crippen LogP contribution in [0.25, 0.3) is 11.1 Å². The summed E-state index contributed by atoms with van der Waals surface area (Å²) < 4.78 is 14.1. The van der Waals surface area contributed by atoms with Gasteiger partial charge in [0.05, 0.1) is 5.16 Å².